The van der Waals surface area contributed by atoms with Crippen LogP contribution in [0.15, 0.2) is 73.3 Å². The number of benzene rings is 2. The van der Waals surface area contributed by atoms with Crippen molar-refractivity contribution in [2.45, 2.75) is 33.0 Å². The number of hydrogen-bond acceptors (Lipinski definition) is 5. The predicted octanol–water partition coefficient (Wildman–Crippen LogP) is 4.51. The Morgan fingerprint density at radius 2 is 1.94 bits per heavy atom. The highest BCUT2D eigenvalue weighted by atomic mass is 16.5. The molecule has 2 aromatic carbocycles. The lowest BCUT2D eigenvalue weighted by atomic mass is 10.1. The van der Waals surface area contributed by atoms with Crippen molar-refractivity contribution in [3.05, 3.63) is 95.7 Å². The van der Waals surface area contributed by atoms with Crippen molar-refractivity contribution < 1.29 is 19.1 Å². The molecule has 2 heterocycles. The van der Waals surface area contributed by atoms with Gasteiger partial charge in [-0.2, -0.15) is 0 Å². The van der Waals surface area contributed by atoms with Gasteiger partial charge in [0.1, 0.15) is 6.61 Å². The van der Waals surface area contributed by atoms with Crippen LogP contribution in [0.5, 0.6) is 0 Å². The molecule has 0 saturated heterocycles. The van der Waals surface area contributed by atoms with E-state index in [1.165, 1.54) is 13.2 Å². The summed E-state index contributed by atoms with van der Waals surface area (Å²) in [6, 6.07) is 15.6. The van der Waals surface area contributed by atoms with E-state index in [1.54, 1.807) is 18.6 Å². The second kappa shape index (κ2) is 10.7. The molecule has 7 heteroatoms. The highest BCUT2D eigenvalue weighted by molar-refractivity contribution is 5.91. The SMILES string of the molecule is COC(=O)CCn1c(C)c(Cn2ccnc2)c2cc(C=CC(=O)OCc3ccccc3)ccc21. The molecule has 4 aromatic rings. The van der Waals surface area contributed by atoms with Crippen LogP contribution in [0.25, 0.3) is 17.0 Å². The molecule has 4 rings (SSSR count). The fraction of sp³-hybridized carbons (Fsp3) is 0.222. The van der Waals surface area contributed by atoms with Crippen molar-refractivity contribution in [2.75, 3.05) is 7.11 Å². The Labute approximate surface area is 198 Å². The van der Waals surface area contributed by atoms with Gasteiger partial charge in [0.2, 0.25) is 0 Å². The van der Waals surface area contributed by atoms with Gasteiger partial charge in [-0.15, -0.1) is 0 Å². The van der Waals surface area contributed by atoms with E-state index in [4.69, 9.17) is 9.47 Å². The monoisotopic (exact) mass is 457 g/mol. The zero-order valence-corrected chi connectivity index (χ0v) is 19.3. The number of esters is 2. The number of methoxy groups -OCH3 is 1. The first-order valence-electron chi connectivity index (χ1n) is 11.1. The molecule has 0 fully saturated rings. The summed E-state index contributed by atoms with van der Waals surface area (Å²) < 4.78 is 14.3. The highest BCUT2D eigenvalue weighted by Crippen LogP contribution is 2.29. The third kappa shape index (κ3) is 5.43. The van der Waals surface area contributed by atoms with Gasteiger partial charge < -0.3 is 18.6 Å². The molecule has 7 nitrogen and oxygen atoms in total. The van der Waals surface area contributed by atoms with Gasteiger partial charge in [-0.3, -0.25) is 4.79 Å². The minimum Gasteiger partial charge on any atom is -0.469 e. The molecule has 0 saturated carbocycles. The largest absolute Gasteiger partial charge is 0.469 e. The van der Waals surface area contributed by atoms with Crippen LogP contribution >= 0.6 is 0 Å². The molecule has 0 N–H and O–H groups in total. The average Bonchev–Trinajstić information content (AvgIpc) is 3.47. The lowest BCUT2D eigenvalue weighted by molar-refractivity contribution is -0.141. The quantitative estimate of drug-likeness (QED) is 0.273. The summed E-state index contributed by atoms with van der Waals surface area (Å²) in [5.74, 6) is -0.639. The summed E-state index contributed by atoms with van der Waals surface area (Å²) in [5, 5.41) is 1.07. The van der Waals surface area contributed by atoms with Crippen molar-refractivity contribution in [2.24, 2.45) is 0 Å². The minimum absolute atomic E-state index is 0.236. The zero-order valence-electron chi connectivity index (χ0n) is 19.3. The zero-order chi connectivity index (χ0) is 23.9. The Morgan fingerprint density at radius 1 is 1.12 bits per heavy atom. The standard InChI is InChI=1S/C27H27N3O4/c1-20-24(17-29-15-13-28-19-29)23-16-21(8-10-25(23)30(20)14-12-26(31)33-2)9-11-27(32)34-18-22-6-4-3-5-7-22/h3-11,13,15-16,19H,12,14,17-18H2,1-2H3. The number of hydrogen-bond donors (Lipinski definition) is 0. The van der Waals surface area contributed by atoms with E-state index in [2.05, 4.69) is 22.5 Å². The molecule has 0 bridgehead atoms. The van der Waals surface area contributed by atoms with Gasteiger partial charge >= 0.3 is 11.9 Å². The molecule has 0 radical (unpaired) electrons. The van der Waals surface area contributed by atoms with E-state index in [0.717, 1.165) is 33.3 Å². The lowest BCUT2D eigenvalue weighted by Crippen LogP contribution is -2.08. The number of aryl methyl sites for hydroxylation is 1. The van der Waals surface area contributed by atoms with E-state index in [0.29, 0.717) is 19.5 Å². The predicted molar refractivity (Wildman–Crippen MR) is 130 cm³/mol. The summed E-state index contributed by atoms with van der Waals surface area (Å²) >= 11 is 0. The van der Waals surface area contributed by atoms with Gasteiger partial charge in [0, 0.05) is 47.2 Å². The van der Waals surface area contributed by atoms with E-state index in [9.17, 15) is 9.59 Å². The Hall–Kier alpha value is -4.13. The van der Waals surface area contributed by atoms with Gasteiger partial charge in [0.05, 0.1) is 26.4 Å². The third-order valence-electron chi connectivity index (χ3n) is 5.78. The van der Waals surface area contributed by atoms with Crippen LogP contribution in [0.2, 0.25) is 0 Å². The topological polar surface area (TPSA) is 75.4 Å². The molecule has 0 aliphatic heterocycles. The second-order valence-electron chi connectivity index (χ2n) is 7.98. The van der Waals surface area contributed by atoms with Crippen molar-refractivity contribution in [1.29, 1.82) is 0 Å². The van der Waals surface area contributed by atoms with Crippen LogP contribution in [0.4, 0.5) is 0 Å². The molecule has 0 aliphatic carbocycles. The molecule has 0 aliphatic rings. The second-order valence-corrected chi connectivity index (χ2v) is 7.98. The summed E-state index contributed by atoms with van der Waals surface area (Å²) in [4.78, 5) is 28.1. The fourth-order valence-corrected chi connectivity index (χ4v) is 3.97. The Morgan fingerprint density at radius 3 is 2.68 bits per heavy atom. The first-order valence-corrected chi connectivity index (χ1v) is 11.1. The summed E-state index contributed by atoms with van der Waals surface area (Å²) in [6.45, 7) is 3.47. The Balaban J connectivity index is 1.58. The van der Waals surface area contributed by atoms with Crippen LogP contribution in [-0.4, -0.2) is 33.2 Å². The maximum Gasteiger partial charge on any atom is 0.331 e. The maximum atomic E-state index is 12.2. The molecular weight excluding hydrogens is 430 g/mol. The lowest BCUT2D eigenvalue weighted by Gasteiger charge is -2.08. The molecule has 34 heavy (non-hydrogen) atoms. The van der Waals surface area contributed by atoms with E-state index >= 15 is 0 Å². The van der Waals surface area contributed by atoms with Crippen LogP contribution in [0, 0.1) is 6.92 Å². The minimum atomic E-state index is -0.394. The van der Waals surface area contributed by atoms with Gasteiger partial charge in [-0.05, 0) is 36.3 Å². The number of carbonyl (C=O) groups is 2. The number of imidazole rings is 1. The van der Waals surface area contributed by atoms with Crippen LogP contribution in [-0.2, 0) is 38.8 Å². The molecular formula is C27H27N3O4. The maximum absolute atomic E-state index is 12.2. The third-order valence-corrected chi connectivity index (χ3v) is 5.78. The first-order chi connectivity index (χ1) is 16.5. The van der Waals surface area contributed by atoms with Crippen LogP contribution in [0.3, 0.4) is 0 Å². The van der Waals surface area contributed by atoms with Gasteiger partial charge in [-0.25, -0.2) is 9.78 Å². The molecule has 174 valence electrons. The van der Waals surface area contributed by atoms with Crippen molar-refractivity contribution in [1.82, 2.24) is 14.1 Å². The Bertz CT molecular complexity index is 1300. The molecule has 0 spiro atoms. The van der Waals surface area contributed by atoms with E-state index in [-0.39, 0.29) is 12.6 Å². The van der Waals surface area contributed by atoms with Crippen molar-refractivity contribution in [3.8, 4) is 0 Å². The van der Waals surface area contributed by atoms with Crippen molar-refractivity contribution >= 4 is 28.9 Å². The number of carbonyl (C=O) groups excluding carboxylic acids is 2. The number of rotatable bonds is 9. The highest BCUT2D eigenvalue weighted by Gasteiger charge is 2.16. The number of fused-ring (bicyclic) bond motifs is 1. The normalized spacial score (nSPS) is 11.2. The summed E-state index contributed by atoms with van der Waals surface area (Å²) in [7, 11) is 1.40. The summed E-state index contributed by atoms with van der Waals surface area (Å²) in [6.07, 6.45) is 8.95. The first kappa shape index (κ1) is 23.0. The van der Waals surface area contributed by atoms with Gasteiger partial charge in [-0.1, -0.05) is 36.4 Å². The molecule has 2 aromatic heterocycles. The number of ether oxygens (including phenoxy) is 2. The Kier molecular flexibility index (Phi) is 7.22. The van der Waals surface area contributed by atoms with E-state index < -0.39 is 5.97 Å². The summed E-state index contributed by atoms with van der Waals surface area (Å²) in [5.41, 5.74) is 5.08. The molecule has 0 amide bonds. The van der Waals surface area contributed by atoms with Crippen molar-refractivity contribution in [3.63, 3.8) is 0 Å². The average molecular weight is 458 g/mol. The van der Waals surface area contributed by atoms with Gasteiger partial charge in [0.25, 0.3) is 0 Å². The smallest absolute Gasteiger partial charge is 0.331 e. The molecule has 0 unspecified atom stereocenters. The van der Waals surface area contributed by atoms with Crippen LogP contribution in [0.1, 0.15) is 28.8 Å². The van der Waals surface area contributed by atoms with E-state index in [1.807, 2.05) is 53.2 Å². The van der Waals surface area contributed by atoms with Gasteiger partial charge in [0.15, 0.2) is 0 Å². The van der Waals surface area contributed by atoms with Crippen LogP contribution < -0.4 is 0 Å². The fourth-order valence-electron chi connectivity index (χ4n) is 3.97. The number of aromatic nitrogens is 3. The molecule has 0 atom stereocenters. The number of nitrogens with zero attached hydrogens (tertiary/aromatic N) is 3.